The van der Waals surface area contributed by atoms with Gasteiger partial charge in [-0.05, 0) is 19.3 Å². The van der Waals surface area contributed by atoms with E-state index in [9.17, 15) is 13.6 Å². The molecule has 0 radical (unpaired) electrons. The van der Waals surface area contributed by atoms with Crippen LogP contribution in [0, 0.1) is 5.92 Å². The summed E-state index contributed by atoms with van der Waals surface area (Å²) < 4.78 is 27.6. The lowest BCUT2D eigenvalue weighted by atomic mass is 9.83. The first-order valence-electron chi connectivity index (χ1n) is 6.34. The largest absolute Gasteiger partial charge is 0.292 e. The highest BCUT2D eigenvalue weighted by Gasteiger charge is 2.38. The topological polar surface area (TPSA) is 47.8 Å². The molecular weight excluding hydrogens is 240 g/mol. The molecular formula is C12H17F2N3O. The van der Waals surface area contributed by atoms with Gasteiger partial charge in [-0.15, -0.1) is 5.10 Å². The van der Waals surface area contributed by atoms with Crippen molar-refractivity contribution in [3.63, 3.8) is 0 Å². The van der Waals surface area contributed by atoms with E-state index in [4.69, 9.17) is 0 Å². The minimum absolute atomic E-state index is 0.0936. The number of hydrogen-bond acceptors (Lipinski definition) is 3. The van der Waals surface area contributed by atoms with Crippen molar-refractivity contribution in [2.75, 3.05) is 0 Å². The average Bonchev–Trinajstić information content (AvgIpc) is 2.77. The highest BCUT2D eigenvalue weighted by molar-refractivity contribution is 5.96. The van der Waals surface area contributed by atoms with Crippen LogP contribution in [0.2, 0.25) is 0 Å². The van der Waals surface area contributed by atoms with Gasteiger partial charge in [-0.2, -0.15) is 0 Å². The van der Waals surface area contributed by atoms with E-state index < -0.39 is 5.92 Å². The lowest BCUT2D eigenvalue weighted by molar-refractivity contribution is -0.0425. The lowest BCUT2D eigenvalue weighted by Crippen LogP contribution is -2.29. The first-order valence-corrected chi connectivity index (χ1v) is 6.34. The van der Waals surface area contributed by atoms with E-state index in [1.165, 1.54) is 6.20 Å². The van der Waals surface area contributed by atoms with Crippen molar-refractivity contribution >= 4 is 5.78 Å². The summed E-state index contributed by atoms with van der Waals surface area (Å²) in [6.45, 7) is 2.61. The molecule has 0 N–H and O–H groups in total. The number of alkyl halides is 2. The standard InChI is InChI=1S/C12H17F2N3O/c1-2-7-17-10(8-15-16-17)11(18)9-3-5-12(13,14)6-4-9/h8-9H,2-7H2,1H3. The Balaban J connectivity index is 2.05. The third-order valence-electron chi connectivity index (χ3n) is 3.39. The SMILES string of the molecule is CCCn1nncc1C(=O)C1CCC(F)(F)CC1. The first kappa shape index (κ1) is 13.1. The molecule has 6 heteroatoms. The van der Waals surface area contributed by atoms with E-state index >= 15 is 0 Å². The number of hydrogen-bond donors (Lipinski definition) is 0. The molecule has 1 saturated carbocycles. The first-order chi connectivity index (χ1) is 8.53. The van der Waals surface area contributed by atoms with Crippen LogP contribution in [0.5, 0.6) is 0 Å². The van der Waals surface area contributed by atoms with Gasteiger partial charge in [0.05, 0.1) is 6.20 Å². The van der Waals surface area contributed by atoms with Gasteiger partial charge in [-0.3, -0.25) is 4.79 Å². The van der Waals surface area contributed by atoms with E-state index in [0.29, 0.717) is 12.2 Å². The third-order valence-corrected chi connectivity index (χ3v) is 3.39. The van der Waals surface area contributed by atoms with E-state index in [1.54, 1.807) is 4.68 Å². The molecule has 100 valence electrons. The van der Waals surface area contributed by atoms with Crippen LogP contribution in [-0.4, -0.2) is 26.7 Å². The van der Waals surface area contributed by atoms with Gasteiger partial charge in [0, 0.05) is 25.3 Å². The van der Waals surface area contributed by atoms with E-state index in [-0.39, 0.29) is 37.4 Å². The maximum absolute atomic E-state index is 13.0. The maximum atomic E-state index is 13.0. The van der Waals surface area contributed by atoms with Crippen molar-refractivity contribution < 1.29 is 13.6 Å². The van der Waals surface area contributed by atoms with Crippen LogP contribution >= 0.6 is 0 Å². The van der Waals surface area contributed by atoms with E-state index in [1.807, 2.05) is 6.92 Å². The number of ketones is 1. The predicted octanol–water partition coefficient (Wildman–Crippen LogP) is 2.70. The second-order valence-corrected chi connectivity index (χ2v) is 4.84. The van der Waals surface area contributed by atoms with Gasteiger partial charge in [0.1, 0.15) is 5.69 Å². The van der Waals surface area contributed by atoms with Crippen LogP contribution in [0.1, 0.15) is 49.5 Å². The van der Waals surface area contributed by atoms with Crippen LogP contribution in [0.3, 0.4) is 0 Å². The second kappa shape index (κ2) is 5.12. The molecule has 18 heavy (non-hydrogen) atoms. The fraction of sp³-hybridized carbons (Fsp3) is 0.750. The fourth-order valence-electron chi connectivity index (χ4n) is 2.34. The molecule has 1 fully saturated rings. The number of aryl methyl sites for hydroxylation is 1. The zero-order chi connectivity index (χ0) is 13.2. The van der Waals surface area contributed by atoms with Gasteiger partial charge in [0.2, 0.25) is 5.92 Å². The molecule has 0 saturated heterocycles. The van der Waals surface area contributed by atoms with Crippen LogP contribution in [-0.2, 0) is 6.54 Å². The summed E-state index contributed by atoms with van der Waals surface area (Å²) in [5, 5.41) is 7.58. The third kappa shape index (κ3) is 2.73. The Bertz CT molecular complexity index is 421. The molecule has 0 aromatic carbocycles. The number of carbonyl (C=O) groups excluding carboxylic acids is 1. The molecule has 4 nitrogen and oxygen atoms in total. The molecule has 0 aliphatic heterocycles. The molecule has 1 heterocycles. The summed E-state index contributed by atoms with van der Waals surface area (Å²) in [4.78, 5) is 12.2. The number of rotatable bonds is 4. The van der Waals surface area contributed by atoms with Crippen molar-refractivity contribution in [3.8, 4) is 0 Å². The fourth-order valence-corrected chi connectivity index (χ4v) is 2.34. The molecule has 1 aromatic heterocycles. The van der Waals surface area contributed by atoms with Crippen molar-refractivity contribution in [1.29, 1.82) is 0 Å². The molecule has 1 aliphatic carbocycles. The number of nitrogens with zero attached hydrogens (tertiary/aromatic N) is 3. The van der Waals surface area contributed by atoms with Crippen molar-refractivity contribution in [3.05, 3.63) is 11.9 Å². The highest BCUT2D eigenvalue weighted by atomic mass is 19.3. The summed E-state index contributed by atoms with van der Waals surface area (Å²) >= 11 is 0. The van der Waals surface area contributed by atoms with E-state index in [0.717, 1.165) is 6.42 Å². The van der Waals surface area contributed by atoms with Gasteiger partial charge in [-0.1, -0.05) is 12.1 Å². The molecule has 0 bridgehead atoms. The Morgan fingerprint density at radius 2 is 2.17 bits per heavy atom. The van der Waals surface area contributed by atoms with Gasteiger partial charge >= 0.3 is 0 Å². The summed E-state index contributed by atoms with van der Waals surface area (Å²) in [6, 6.07) is 0. The van der Waals surface area contributed by atoms with Gasteiger partial charge in [0.25, 0.3) is 0 Å². The highest BCUT2D eigenvalue weighted by Crippen LogP contribution is 2.37. The zero-order valence-electron chi connectivity index (χ0n) is 10.4. The minimum atomic E-state index is -2.60. The quantitative estimate of drug-likeness (QED) is 0.779. The maximum Gasteiger partial charge on any atom is 0.248 e. The molecule has 2 rings (SSSR count). The van der Waals surface area contributed by atoms with Gasteiger partial charge < -0.3 is 0 Å². The Morgan fingerprint density at radius 1 is 1.50 bits per heavy atom. The lowest BCUT2D eigenvalue weighted by Gasteiger charge is -2.27. The summed E-state index contributed by atoms with van der Waals surface area (Å²) in [6.07, 6.45) is 2.40. The summed E-state index contributed by atoms with van der Waals surface area (Å²) in [7, 11) is 0. The molecule has 1 aliphatic rings. The number of halogens is 2. The van der Waals surface area contributed by atoms with E-state index in [2.05, 4.69) is 10.3 Å². The van der Waals surface area contributed by atoms with Crippen LogP contribution in [0.4, 0.5) is 8.78 Å². The Labute approximate surface area is 104 Å². The average molecular weight is 257 g/mol. The van der Waals surface area contributed by atoms with Crippen LogP contribution in [0.25, 0.3) is 0 Å². The summed E-state index contributed by atoms with van der Waals surface area (Å²) in [5.41, 5.74) is 0.451. The number of aromatic nitrogens is 3. The van der Waals surface area contributed by atoms with Crippen molar-refractivity contribution in [1.82, 2.24) is 15.0 Å². The number of Topliss-reactive ketones (excluding diaryl/α,β-unsaturated/α-hetero) is 1. The normalized spacial score (nSPS) is 19.9. The molecule has 1 aromatic rings. The number of carbonyl (C=O) groups is 1. The monoisotopic (exact) mass is 257 g/mol. The minimum Gasteiger partial charge on any atom is -0.292 e. The molecule has 0 amide bonds. The molecule has 0 atom stereocenters. The molecule has 0 spiro atoms. The summed E-state index contributed by atoms with van der Waals surface area (Å²) in [5.74, 6) is -3.00. The van der Waals surface area contributed by atoms with Crippen molar-refractivity contribution in [2.24, 2.45) is 5.92 Å². The van der Waals surface area contributed by atoms with Crippen LogP contribution in [0.15, 0.2) is 6.20 Å². The zero-order valence-corrected chi connectivity index (χ0v) is 10.4. The van der Waals surface area contributed by atoms with Gasteiger partial charge in [-0.25, -0.2) is 13.5 Å². The second-order valence-electron chi connectivity index (χ2n) is 4.84. The Morgan fingerprint density at radius 3 is 2.78 bits per heavy atom. The van der Waals surface area contributed by atoms with Crippen molar-refractivity contribution in [2.45, 2.75) is 51.5 Å². The van der Waals surface area contributed by atoms with Crippen LogP contribution < -0.4 is 0 Å². The van der Waals surface area contributed by atoms with Gasteiger partial charge in [0.15, 0.2) is 5.78 Å². The Hall–Kier alpha value is -1.33. The smallest absolute Gasteiger partial charge is 0.248 e. The Kier molecular flexibility index (Phi) is 3.73. The predicted molar refractivity (Wildman–Crippen MR) is 61.5 cm³/mol. The molecule has 0 unspecified atom stereocenters.